The SMILES string of the molecule is CCCCCCCCCCCCCCCc1cc(OCCCCCCCCCC)cc(-c2ccc(C=O)cc2)c1. The highest BCUT2D eigenvalue weighted by molar-refractivity contribution is 5.77. The van der Waals surface area contributed by atoms with Gasteiger partial charge < -0.3 is 4.74 Å². The molecule has 2 aromatic carbocycles. The summed E-state index contributed by atoms with van der Waals surface area (Å²) >= 11 is 0. The van der Waals surface area contributed by atoms with E-state index >= 15 is 0 Å². The van der Waals surface area contributed by atoms with Crippen molar-refractivity contribution in [3.05, 3.63) is 53.6 Å². The molecule has 224 valence electrons. The Morgan fingerprint density at radius 2 is 1.00 bits per heavy atom. The van der Waals surface area contributed by atoms with Gasteiger partial charge >= 0.3 is 0 Å². The molecule has 0 aliphatic rings. The van der Waals surface area contributed by atoms with E-state index in [-0.39, 0.29) is 0 Å². The average molecular weight is 549 g/mol. The number of ether oxygens (including phenoxy) is 1. The van der Waals surface area contributed by atoms with Gasteiger partial charge in [-0.15, -0.1) is 0 Å². The Balaban J connectivity index is 1.74. The van der Waals surface area contributed by atoms with Crippen LogP contribution in [0.2, 0.25) is 0 Å². The molecule has 0 unspecified atom stereocenters. The second-order valence-electron chi connectivity index (χ2n) is 11.9. The predicted octanol–water partition coefficient (Wildman–Crippen LogP) is 12.3. The standard InChI is InChI=1S/C38H60O2/c1-3-5-7-9-11-13-14-15-16-17-18-20-22-24-35-30-37(36-27-25-34(33-39)26-28-36)32-38(31-35)40-29-23-21-19-12-10-8-6-4-2/h25-28,30-33H,3-24,29H2,1-2H3. The summed E-state index contributed by atoms with van der Waals surface area (Å²) in [7, 11) is 0. The first-order chi connectivity index (χ1) is 19.8. The minimum absolute atomic E-state index is 0.720. The Labute approximate surface area is 247 Å². The molecule has 0 atom stereocenters. The molecule has 0 N–H and O–H groups in total. The van der Waals surface area contributed by atoms with Gasteiger partial charge in [0.2, 0.25) is 0 Å². The molecule has 0 amide bonds. The van der Waals surface area contributed by atoms with Crippen LogP contribution in [0.4, 0.5) is 0 Å². The summed E-state index contributed by atoms with van der Waals surface area (Å²) in [6, 6.07) is 14.7. The van der Waals surface area contributed by atoms with Crippen molar-refractivity contribution >= 4 is 6.29 Å². The van der Waals surface area contributed by atoms with Crippen LogP contribution in [0, 0.1) is 0 Å². The third-order valence-corrected chi connectivity index (χ3v) is 8.18. The van der Waals surface area contributed by atoms with Gasteiger partial charge in [0.1, 0.15) is 12.0 Å². The highest BCUT2D eigenvalue weighted by Gasteiger charge is 2.06. The molecule has 0 fully saturated rings. The van der Waals surface area contributed by atoms with E-state index in [1.807, 2.05) is 12.1 Å². The summed E-state index contributed by atoms with van der Waals surface area (Å²) in [6.07, 6.45) is 30.5. The quantitative estimate of drug-likeness (QED) is 0.0863. The Hall–Kier alpha value is -2.09. The summed E-state index contributed by atoms with van der Waals surface area (Å²) < 4.78 is 6.26. The van der Waals surface area contributed by atoms with Gasteiger partial charge in [-0.1, -0.05) is 166 Å². The Kier molecular flexibility index (Phi) is 20.1. The molecular weight excluding hydrogens is 488 g/mol. The van der Waals surface area contributed by atoms with Crippen molar-refractivity contribution in [2.24, 2.45) is 0 Å². The number of benzene rings is 2. The van der Waals surface area contributed by atoms with Crippen molar-refractivity contribution in [3.63, 3.8) is 0 Å². The second-order valence-corrected chi connectivity index (χ2v) is 11.9. The third-order valence-electron chi connectivity index (χ3n) is 8.18. The maximum atomic E-state index is 11.1. The molecule has 0 radical (unpaired) electrons. The zero-order valence-electron chi connectivity index (χ0n) is 26.2. The number of hydrogen-bond acceptors (Lipinski definition) is 2. The van der Waals surface area contributed by atoms with Gasteiger partial charge in [-0.25, -0.2) is 0 Å². The van der Waals surface area contributed by atoms with Gasteiger partial charge in [-0.3, -0.25) is 4.79 Å². The van der Waals surface area contributed by atoms with Crippen LogP contribution in [0.15, 0.2) is 42.5 Å². The molecule has 0 bridgehead atoms. The average Bonchev–Trinajstić information content (AvgIpc) is 2.98. The maximum Gasteiger partial charge on any atom is 0.150 e. The molecule has 2 rings (SSSR count). The summed E-state index contributed by atoms with van der Waals surface area (Å²) in [4.78, 5) is 11.1. The van der Waals surface area contributed by atoms with E-state index in [0.29, 0.717) is 0 Å². The van der Waals surface area contributed by atoms with Gasteiger partial charge in [0.05, 0.1) is 6.61 Å². The third kappa shape index (κ3) is 16.2. The van der Waals surface area contributed by atoms with E-state index < -0.39 is 0 Å². The number of unbranched alkanes of at least 4 members (excludes halogenated alkanes) is 19. The maximum absolute atomic E-state index is 11.1. The van der Waals surface area contributed by atoms with Gasteiger partial charge in [-0.2, -0.15) is 0 Å². The minimum Gasteiger partial charge on any atom is -0.494 e. The van der Waals surface area contributed by atoms with E-state index in [2.05, 4.69) is 44.2 Å². The van der Waals surface area contributed by atoms with Crippen LogP contribution < -0.4 is 4.74 Å². The van der Waals surface area contributed by atoms with Crippen molar-refractivity contribution in [1.82, 2.24) is 0 Å². The van der Waals surface area contributed by atoms with E-state index in [4.69, 9.17) is 4.74 Å². The van der Waals surface area contributed by atoms with Crippen LogP contribution >= 0.6 is 0 Å². The second kappa shape index (κ2) is 23.6. The first-order valence-corrected chi connectivity index (χ1v) is 17.1. The lowest BCUT2D eigenvalue weighted by atomic mass is 9.98. The van der Waals surface area contributed by atoms with Gasteiger partial charge in [0, 0.05) is 5.56 Å². The van der Waals surface area contributed by atoms with Crippen LogP contribution in [0.3, 0.4) is 0 Å². The zero-order chi connectivity index (χ0) is 28.5. The van der Waals surface area contributed by atoms with E-state index in [1.165, 1.54) is 140 Å². The number of aryl methyl sites for hydroxylation is 1. The van der Waals surface area contributed by atoms with Gasteiger partial charge in [0.15, 0.2) is 0 Å². The molecule has 2 aromatic rings. The van der Waals surface area contributed by atoms with Crippen LogP contribution in [-0.4, -0.2) is 12.9 Å². The van der Waals surface area contributed by atoms with Gasteiger partial charge in [-0.05, 0) is 48.1 Å². The molecule has 0 aliphatic heterocycles. The van der Waals surface area contributed by atoms with Crippen molar-refractivity contribution < 1.29 is 9.53 Å². The lowest BCUT2D eigenvalue weighted by Crippen LogP contribution is -1.99. The number of carbonyl (C=O) groups excluding carboxylic acids is 1. The molecule has 0 spiro atoms. The van der Waals surface area contributed by atoms with E-state index in [9.17, 15) is 4.79 Å². The van der Waals surface area contributed by atoms with E-state index in [1.54, 1.807) is 0 Å². The lowest BCUT2D eigenvalue weighted by molar-refractivity contribution is 0.112. The fourth-order valence-electron chi connectivity index (χ4n) is 5.58. The highest BCUT2D eigenvalue weighted by Crippen LogP contribution is 2.28. The Morgan fingerprint density at radius 1 is 0.525 bits per heavy atom. The molecule has 0 aliphatic carbocycles. The zero-order valence-corrected chi connectivity index (χ0v) is 26.2. The van der Waals surface area contributed by atoms with Crippen molar-refractivity contribution in [1.29, 1.82) is 0 Å². The Bertz CT molecular complexity index is 870. The molecular formula is C38H60O2. The van der Waals surface area contributed by atoms with Crippen molar-refractivity contribution in [3.8, 4) is 16.9 Å². The Morgan fingerprint density at radius 3 is 1.50 bits per heavy atom. The van der Waals surface area contributed by atoms with E-state index in [0.717, 1.165) is 42.6 Å². The molecule has 0 saturated carbocycles. The molecule has 40 heavy (non-hydrogen) atoms. The molecule has 0 saturated heterocycles. The number of rotatable bonds is 26. The van der Waals surface area contributed by atoms with Crippen LogP contribution in [0.1, 0.15) is 165 Å². The normalized spacial score (nSPS) is 11.2. The number of hydrogen-bond donors (Lipinski definition) is 0. The smallest absolute Gasteiger partial charge is 0.150 e. The fourth-order valence-corrected chi connectivity index (χ4v) is 5.58. The first kappa shape index (κ1) is 34.1. The van der Waals surface area contributed by atoms with Crippen LogP contribution in [-0.2, 0) is 6.42 Å². The summed E-state index contributed by atoms with van der Waals surface area (Å²) in [6.45, 7) is 5.36. The molecule has 0 heterocycles. The lowest BCUT2D eigenvalue weighted by Gasteiger charge is -2.12. The predicted molar refractivity (Wildman–Crippen MR) is 175 cm³/mol. The van der Waals surface area contributed by atoms with Crippen molar-refractivity contribution in [2.45, 2.75) is 155 Å². The topological polar surface area (TPSA) is 26.3 Å². The number of carbonyl (C=O) groups is 1. The van der Waals surface area contributed by atoms with Gasteiger partial charge in [0.25, 0.3) is 0 Å². The molecule has 2 heteroatoms. The monoisotopic (exact) mass is 548 g/mol. The largest absolute Gasteiger partial charge is 0.494 e. The summed E-state index contributed by atoms with van der Waals surface area (Å²) in [5.74, 6) is 0.990. The molecule has 0 aromatic heterocycles. The van der Waals surface area contributed by atoms with Crippen LogP contribution in [0.25, 0.3) is 11.1 Å². The number of aldehydes is 1. The highest BCUT2D eigenvalue weighted by atomic mass is 16.5. The van der Waals surface area contributed by atoms with Crippen molar-refractivity contribution in [2.75, 3.05) is 6.61 Å². The first-order valence-electron chi connectivity index (χ1n) is 17.1. The minimum atomic E-state index is 0.720. The summed E-state index contributed by atoms with van der Waals surface area (Å²) in [5, 5.41) is 0. The van der Waals surface area contributed by atoms with Crippen LogP contribution in [0.5, 0.6) is 5.75 Å². The summed E-state index contributed by atoms with van der Waals surface area (Å²) in [5.41, 5.74) is 4.43. The molecule has 2 nitrogen and oxygen atoms in total. The fraction of sp³-hybridized carbons (Fsp3) is 0.658.